The Morgan fingerprint density at radius 2 is 1.66 bits per heavy atom. The van der Waals surface area contributed by atoms with Gasteiger partial charge >= 0.3 is 12.1 Å². The van der Waals surface area contributed by atoms with Crippen LogP contribution in [-0.4, -0.2) is 76.0 Å². The summed E-state index contributed by atoms with van der Waals surface area (Å²) in [5, 5.41) is 5.21. The highest BCUT2D eigenvalue weighted by Gasteiger charge is 2.48. The lowest BCUT2D eigenvalue weighted by Gasteiger charge is -2.38. The molecule has 1 aliphatic heterocycles. The van der Waals surface area contributed by atoms with Gasteiger partial charge in [0.1, 0.15) is 11.6 Å². The zero-order valence-corrected chi connectivity index (χ0v) is 28.0. The van der Waals surface area contributed by atoms with Crippen molar-refractivity contribution in [1.29, 1.82) is 0 Å². The lowest BCUT2D eigenvalue weighted by atomic mass is 9.66. The maximum atomic E-state index is 14.0. The van der Waals surface area contributed by atoms with Crippen LogP contribution in [0.1, 0.15) is 57.6 Å². The summed E-state index contributed by atoms with van der Waals surface area (Å²) in [7, 11) is -3.48. The highest BCUT2D eigenvalue weighted by Crippen LogP contribution is 2.51. The number of esters is 1. The fourth-order valence-electron chi connectivity index (χ4n) is 6.20. The number of Topliss-reactive ketones (excluding diaryl/α,β-unsaturated/α-hetero) is 1. The molecule has 1 saturated carbocycles. The van der Waals surface area contributed by atoms with E-state index >= 15 is 0 Å². The molecule has 13 nitrogen and oxygen atoms in total. The first-order chi connectivity index (χ1) is 22.1. The van der Waals surface area contributed by atoms with E-state index in [2.05, 4.69) is 10.6 Å². The second-order valence-corrected chi connectivity index (χ2v) is 14.6. The maximum absolute atomic E-state index is 14.0. The molecule has 4 rings (SSSR count). The number of sulfonamides is 1. The molecule has 2 aromatic rings. The molecule has 2 aromatic carbocycles. The van der Waals surface area contributed by atoms with E-state index in [9.17, 15) is 27.6 Å². The third-order valence-electron chi connectivity index (χ3n) is 8.70. The van der Waals surface area contributed by atoms with Gasteiger partial charge in [-0.25, -0.2) is 13.2 Å². The van der Waals surface area contributed by atoms with Crippen LogP contribution in [0.3, 0.4) is 0 Å². The minimum atomic E-state index is -3.48. The second-order valence-electron chi connectivity index (χ2n) is 12.7. The smallest absolute Gasteiger partial charge is 0.411 e. The number of ketones is 1. The number of alkyl carbamates (subject to hydrolysis) is 1. The Morgan fingerprint density at radius 1 is 1.02 bits per heavy atom. The number of para-hydroxylation sites is 1. The average molecular weight is 673 g/mol. The highest BCUT2D eigenvalue weighted by atomic mass is 32.2. The number of hydrogen-bond acceptors (Lipinski definition) is 10. The number of carbonyl (C=O) groups excluding carboxylic acids is 4. The Bertz CT molecular complexity index is 1560. The Hall–Kier alpha value is -4.01. The largest absolute Gasteiger partial charge is 0.424 e. The van der Waals surface area contributed by atoms with Crippen molar-refractivity contribution < 1.29 is 41.8 Å². The summed E-state index contributed by atoms with van der Waals surface area (Å²) < 4.78 is 42.4. The molecule has 47 heavy (non-hydrogen) atoms. The average Bonchev–Trinajstić information content (AvgIpc) is 3.35. The minimum Gasteiger partial charge on any atom is -0.424 e. The van der Waals surface area contributed by atoms with Crippen LogP contribution in [-0.2, 0) is 50.6 Å². The number of carbonyl (C=O) groups is 4. The van der Waals surface area contributed by atoms with Gasteiger partial charge in [0.25, 0.3) is 0 Å². The Morgan fingerprint density at radius 3 is 2.30 bits per heavy atom. The van der Waals surface area contributed by atoms with Gasteiger partial charge in [-0.05, 0) is 56.7 Å². The first-order valence-corrected chi connectivity index (χ1v) is 17.4. The van der Waals surface area contributed by atoms with Crippen molar-refractivity contribution in [3.05, 3.63) is 65.7 Å². The summed E-state index contributed by atoms with van der Waals surface area (Å²) >= 11 is 0. The van der Waals surface area contributed by atoms with Crippen molar-refractivity contribution in [3.63, 3.8) is 0 Å². The van der Waals surface area contributed by atoms with Crippen LogP contribution < -0.4 is 20.7 Å². The molecule has 1 spiro atoms. The molecule has 1 unspecified atom stereocenters. The van der Waals surface area contributed by atoms with E-state index in [0.29, 0.717) is 37.9 Å². The van der Waals surface area contributed by atoms with Gasteiger partial charge in [-0.3, -0.25) is 18.7 Å². The normalized spacial score (nSPS) is 20.5. The summed E-state index contributed by atoms with van der Waals surface area (Å²) in [6, 6.07) is 15.9. The van der Waals surface area contributed by atoms with Crippen LogP contribution in [0.2, 0.25) is 0 Å². The monoisotopic (exact) mass is 672 g/mol. The van der Waals surface area contributed by atoms with Gasteiger partial charge in [0.05, 0.1) is 31.7 Å². The molecule has 0 radical (unpaired) electrons. The van der Waals surface area contributed by atoms with Crippen LogP contribution in [0.4, 0.5) is 10.5 Å². The van der Waals surface area contributed by atoms with Crippen LogP contribution >= 0.6 is 0 Å². The van der Waals surface area contributed by atoms with Gasteiger partial charge in [-0.2, -0.15) is 0 Å². The predicted molar refractivity (Wildman–Crippen MR) is 174 cm³/mol. The van der Waals surface area contributed by atoms with Crippen molar-refractivity contribution in [2.24, 2.45) is 11.7 Å². The quantitative estimate of drug-likeness (QED) is 0.211. The molecule has 2 aliphatic rings. The number of rotatable bonds is 13. The zero-order chi connectivity index (χ0) is 34.4. The van der Waals surface area contributed by atoms with Gasteiger partial charge in [0.2, 0.25) is 22.2 Å². The van der Waals surface area contributed by atoms with Crippen LogP contribution in [0, 0.1) is 5.92 Å². The zero-order valence-electron chi connectivity index (χ0n) is 27.2. The van der Waals surface area contributed by atoms with Crippen molar-refractivity contribution in [2.45, 2.75) is 76.3 Å². The molecule has 2 atom stereocenters. The molecule has 0 saturated heterocycles. The summed E-state index contributed by atoms with van der Waals surface area (Å²) in [4.78, 5) is 51.3. The number of nitrogens with zero attached hydrogens (tertiary/aromatic N) is 1. The lowest BCUT2D eigenvalue weighted by Crippen LogP contribution is -2.59. The van der Waals surface area contributed by atoms with Crippen LogP contribution in [0.25, 0.3) is 0 Å². The number of nitrogens with one attached hydrogen (secondary N) is 2. The molecule has 1 aliphatic carbocycles. The van der Waals surface area contributed by atoms with Crippen molar-refractivity contribution in [2.75, 3.05) is 30.3 Å². The topological polar surface area (TPSA) is 183 Å². The van der Waals surface area contributed by atoms with Gasteiger partial charge in [0.15, 0.2) is 5.78 Å². The summed E-state index contributed by atoms with van der Waals surface area (Å²) in [5.41, 5.74) is 5.84. The van der Waals surface area contributed by atoms with Gasteiger partial charge in [0, 0.05) is 24.8 Å². The maximum Gasteiger partial charge on any atom is 0.411 e. The Labute approximate surface area is 275 Å². The molecule has 0 aromatic heterocycles. The Kier molecular flexibility index (Phi) is 11.3. The van der Waals surface area contributed by atoms with Crippen molar-refractivity contribution in [3.8, 4) is 0 Å². The minimum absolute atomic E-state index is 0.0988. The van der Waals surface area contributed by atoms with Crippen molar-refractivity contribution in [1.82, 2.24) is 10.6 Å². The second kappa shape index (κ2) is 14.8. The standard InChI is InChI=1S/C33H44N4O9S/c1-22(45-28(38)18-34)46-31(41)36-32(2,3)30(40)35-26(20-44-19-23-10-6-5-7-11-23)29(39)24-14-16-33(17-15-24)21-37(47(4,42)43)27-13-9-8-12-25(27)33/h5-13,22,24,26H,14-21,34H2,1-4H3,(H,35,40)(H,36,41)/t22?,24?,26-,33?/m1/s1. The molecule has 14 heteroatoms. The van der Waals surface area contributed by atoms with Gasteiger partial charge in [-0.1, -0.05) is 48.5 Å². The SMILES string of the molecule is CC(OC(=O)CN)OC(=O)NC(C)(C)C(=O)N[C@H](COCc1ccccc1)C(=O)C1CCC2(CC1)CN(S(C)(=O)=O)c1ccccc12. The molecule has 1 heterocycles. The molecule has 2 amide bonds. The number of fused-ring (bicyclic) bond motifs is 2. The molecule has 1 fully saturated rings. The van der Waals surface area contributed by atoms with E-state index in [-0.39, 0.29) is 25.5 Å². The number of anilines is 1. The van der Waals surface area contributed by atoms with Crippen LogP contribution in [0.5, 0.6) is 0 Å². The molecule has 256 valence electrons. The van der Waals surface area contributed by atoms with E-state index in [4.69, 9.17) is 19.9 Å². The number of benzene rings is 2. The number of amides is 2. The third kappa shape index (κ3) is 8.87. The fourth-order valence-corrected chi connectivity index (χ4v) is 7.20. The summed E-state index contributed by atoms with van der Waals surface area (Å²) in [6.07, 6.45) is 1.16. The first kappa shape index (κ1) is 35.8. The third-order valence-corrected chi connectivity index (χ3v) is 9.83. The molecule has 0 bridgehead atoms. The van der Waals surface area contributed by atoms with Gasteiger partial charge < -0.3 is 30.6 Å². The first-order valence-electron chi connectivity index (χ1n) is 15.6. The fraction of sp³-hybridized carbons (Fsp3) is 0.515. The number of hydrogen-bond donors (Lipinski definition) is 3. The molecular weight excluding hydrogens is 628 g/mol. The van der Waals surface area contributed by atoms with E-state index < -0.39 is 57.2 Å². The molecular formula is C33H44N4O9S. The van der Waals surface area contributed by atoms with E-state index in [1.165, 1.54) is 31.3 Å². The predicted octanol–water partition coefficient (Wildman–Crippen LogP) is 2.52. The van der Waals surface area contributed by atoms with E-state index in [1.807, 2.05) is 54.6 Å². The Balaban J connectivity index is 1.44. The van der Waals surface area contributed by atoms with E-state index in [1.54, 1.807) is 0 Å². The van der Waals surface area contributed by atoms with Gasteiger partial charge in [-0.15, -0.1) is 0 Å². The number of nitrogens with two attached hydrogens (primary N) is 1. The summed E-state index contributed by atoms with van der Waals surface area (Å²) in [6.45, 7) is 4.28. The molecule has 4 N–H and O–H groups in total. The summed E-state index contributed by atoms with van der Waals surface area (Å²) in [5.74, 6) is -2.01. The van der Waals surface area contributed by atoms with Crippen LogP contribution in [0.15, 0.2) is 54.6 Å². The lowest BCUT2D eigenvalue weighted by molar-refractivity contribution is -0.163. The van der Waals surface area contributed by atoms with Crippen molar-refractivity contribution >= 4 is 39.5 Å². The van der Waals surface area contributed by atoms with E-state index in [0.717, 1.165) is 11.1 Å². The number of ether oxygens (including phenoxy) is 3. The highest BCUT2D eigenvalue weighted by molar-refractivity contribution is 7.92.